The first-order valence-corrected chi connectivity index (χ1v) is 6.23. The molecule has 0 aromatic rings. The van der Waals surface area contributed by atoms with Gasteiger partial charge in [0.05, 0.1) is 6.04 Å². The second kappa shape index (κ2) is 6.21. The molecular weight excluding hydrogens is 204 g/mol. The van der Waals surface area contributed by atoms with Crippen molar-refractivity contribution in [2.24, 2.45) is 17.6 Å². The number of amides is 1. The number of aliphatic hydroxyl groups is 1. The Bertz CT molecular complexity index is 231. The monoisotopic (exact) mass is 228 g/mol. The number of carbonyl (C=O) groups is 1. The number of nitrogens with one attached hydrogen (secondary N) is 1. The van der Waals surface area contributed by atoms with Gasteiger partial charge in [-0.2, -0.15) is 0 Å². The highest BCUT2D eigenvalue weighted by molar-refractivity contribution is 5.82. The maximum Gasteiger partial charge on any atom is 0.237 e. The SMILES string of the molecule is CC(C)[C@H](N)C(=O)NC1CCCCC1CO. The van der Waals surface area contributed by atoms with Crippen molar-refractivity contribution >= 4 is 5.91 Å². The zero-order chi connectivity index (χ0) is 12.1. The van der Waals surface area contributed by atoms with Crippen molar-refractivity contribution in [3.05, 3.63) is 0 Å². The zero-order valence-corrected chi connectivity index (χ0v) is 10.3. The van der Waals surface area contributed by atoms with E-state index in [0.717, 1.165) is 25.7 Å². The zero-order valence-electron chi connectivity index (χ0n) is 10.3. The molecule has 0 heterocycles. The lowest BCUT2D eigenvalue weighted by atomic mass is 9.85. The highest BCUT2D eigenvalue weighted by Gasteiger charge is 2.28. The molecule has 0 bridgehead atoms. The number of rotatable bonds is 4. The van der Waals surface area contributed by atoms with Crippen LogP contribution in [-0.2, 0) is 4.79 Å². The van der Waals surface area contributed by atoms with Crippen molar-refractivity contribution in [3.63, 3.8) is 0 Å². The highest BCUT2D eigenvalue weighted by atomic mass is 16.3. The van der Waals surface area contributed by atoms with Crippen LogP contribution in [0, 0.1) is 11.8 Å². The summed E-state index contributed by atoms with van der Waals surface area (Å²) >= 11 is 0. The Labute approximate surface area is 97.6 Å². The normalized spacial score (nSPS) is 27.8. The van der Waals surface area contributed by atoms with Gasteiger partial charge in [-0.3, -0.25) is 4.79 Å². The molecule has 94 valence electrons. The first-order chi connectivity index (χ1) is 7.56. The minimum Gasteiger partial charge on any atom is -0.396 e. The molecule has 0 aromatic heterocycles. The van der Waals surface area contributed by atoms with Crippen LogP contribution in [0.3, 0.4) is 0 Å². The van der Waals surface area contributed by atoms with Gasteiger partial charge in [0.25, 0.3) is 0 Å². The Morgan fingerprint density at radius 3 is 2.62 bits per heavy atom. The molecule has 0 aliphatic heterocycles. The molecular formula is C12H24N2O2. The maximum absolute atomic E-state index is 11.8. The van der Waals surface area contributed by atoms with Crippen LogP contribution in [0.1, 0.15) is 39.5 Å². The highest BCUT2D eigenvalue weighted by Crippen LogP contribution is 2.24. The second-order valence-electron chi connectivity index (χ2n) is 5.11. The van der Waals surface area contributed by atoms with Crippen molar-refractivity contribution in [2.75, 3.05) is 6.61 Å². The Balaban J connectivity index is 2.48. The summed E-state index contributed by atoms with van der Waals surface area (Å²) in [5, 5.41) is 12.2. The summed E-state index contributed by atoms with van der Waals surface area (Å²) in [4.78, 5) is 11.8. The van der Waals surface area contributed by atoms with Crippen molar-refractivity contribution in [1.82, 2.24) is 5.32 Å². The molecule has 1 aliphatic carbocycles. The molecule has 4 nitrogen and oxygen atoms in total. The van der Waals surface area contributed by atoms with Crippen LogP contribution in [0.15, 0.2) is 0 Å². The number of hydrogen-bond donors (Lipinski definition) is 3. The van der Waals surface area contributed by atoms with E-state index in [1.54, 1.807) is 0 Å². The van der Waals surface area contributed by atoms with Crippen molar-refractivity contribution in [2.45, 2.75) is 51.6 Å². The third-order valence-electron chi connectivity index (χ3n) is 3.49. The lowest BCUT2D eigenvalue weighted by Crippen LogP contribution is -2.51. The van der Waals surface area contributed by atoms with Crippen LogP contribution in [0.25, 0.3) is 0 Å². The predicted molar refractivity (Wildman–Crippen MR) is 63.8 cm³/mol. The van der Waals surface area contributed by atoms with Gasteiger partial charge in [0.15, 0.2) is 0 Å². The van der Waals surface area contributed by atoms with Crippen molar-refractivity contribution < 1.29 is 9.90 Å². The Hall–Kier alpha value is -0.610. The number of hydrogen-bond acceptors (Lipinski definition) is 3. The smallest absolute Gasteiger partial charge is 0.237 e. The van der Waals surface area contributed by atoms with Gasteiger partial charge >= 0.3 is 0 Å². The van der Waals surface area contributed by atoms with Crippen LogP contribution in [-0.4, -0.2) is 29.7 Å². The van der Waals surface area contributed by atoms with Gasteiger partial charge in [0.2, 0.25) is 5.91 Å². The molecule has 0 radical (unpaired) electrons. The van der Waals surface area contributed by atoms with Gasteiger partial charge in [-0.05, 0) is 18.8 Å². The summed E-state index contributed by atoms with van der Waals surface area (Å²) in [5.74, 6) is 0.272. The molecule has 1 aliphatic rings. The lowest BCUT2D eigenvalue weighted by Gasteiger charge is -2.32. The quantitative estimate of drug-likeness (QED) is 0.661. The molecule has 1 saturated carbocycles. The average Bonchev–Trinajstić information content (AvgIpc) is 2.28. The summed E-state index contributed by atoms with van der Waals surface area (Å²) in [6.07, 6.45) is 4.23. The van der Waals surface area contributed by atoms with Gasteiger partial charge in [0, 0.05) is 18.6 Å². The molecule has 3 atom stereocenters. The molecule has 2 unspecified atom stereocenters. The van der Waals surface area contributed by atoms with E-state index >= 15 is 0 Å². The molecule has 0 aromatic carbocycles. The van der Waals surface area contributed by atoms with E-state index in [1.165, 1.54) is 0 Å². The predicted octanol–water partition coefficient (Wildman–Crippen LogP) is 0.637. The molecule has 0 saturated heterocycles. The number of aliphatic hydroxyl groups excluding tert-OH is 1. The summed E-state index contributed by atoms with van der Waals surface area (Å²) in [6, 6.07) is -0.336. The minimum atomic E-state index is -0.443. The third kappa shape index (κ3) is 3.46. The van der Waals surface area contributed by atoms with E-state index < -0.39 is 6.04 Å². The van der Waals surface area contributed by atoms with Gasteiger partial charge in [-0.15, -0.1) is 0 Å². The van der Waals surface area contributed by atoms with Gasteiger partial charge in [-0.1, -0.05) is 26.7 Å². The molecule has 1 amide bonds. The van der Waals surface area contributed by atoms with Crippen LogP contribution >= 0.6 is 0 Å². The molecule has 1 fully saturated rings. The molecule has 0 spiro atoms. The number of nitrogens with two attached hydrogens (primary N) is 1. The van der Waals surface area contributed by atoms with Crippen molar-refractivity contribution in [3.8, 4) is 0 Å². The first-order valence-electron chi connectivity index (χ1n) is 6.23. The van der Waals surface area contributed by atoms with E-state index in [0.29, 0.717) is 0 Å². The topological polar surface area (TPSA) is 75.4 Å². The Morgan fingerprint density at radius 2 is 2.06 bits per heavy atom. The fraction of sp³-hybridized carbons (Fsp3) is 0.917. The van der Waals surface area contributed by atoms with E-state index in [9.17, 15) is 9.90 Å². The van der Waals surface area contributed by atoms with Crippen LogP contribution in [0.2, 0.25) is 0 Å². The Kier molecular flexibility index (Phi) is 5.22. The van der Waals surface area contributed by atoms with E-state index in [1.807, 2.05) is 13.8 Å². The summed E-state index contributed by atoms with van der Waals surface area (Å²) < 4.78 is 0. The fourth-order valence-electron chi connectivity index (χ4n) is 2.20. The fourth-order valence-corrected chi connectivity index (χ4v) is 2.20. The second-order valence-corrected chi connectivity index (χ2v) is 5.11. The van der Waals surface area contributed by atoms with Gasteiger partial charge in [-0.25, -0.2) is 0 Å². The molecule has 4 N–H and O–H groups in total. The van der Waals surface area contributed by atoms with E-state index in [-0.39, 0.29) is 30.4 Å². The van der Waals surface area contributed by atoms with Crippen LogP contribution < -0.4 is 11.1 Å². The summed E-state index contributed by atoms with van der Waals surface area (Å²) in [7, 11) is 0. The van der Waals surface area contributed by atoms with E-state index in [2.05, 4.69) is 5.32 Å². The average molecular weight is 228 g/mol. The van der Waals surface area contributed by atoms with Crippen LogP contribution in [0.4, 0.5) is 0 Å². The maximum atomic E-state index is 11.8. The molecule has 1 rings (SSSR count). The largest absolute Gasteiger partial charge is 0.396 e. The number of carbonyl (C=O) groups excluding carboxylic acids is 1. The van der Waals surface area contributed by atoms with Gasteiger partial charge < -0.3 is 16.2 Å². The summed E-state index contributed by atoms with van der Waals surface area (Å²) in [5.41, 5.74) is 5.79. The minimum absolute atomic E-state index is 0.0830. The standard InChI is InChI=1S/C12H24N2O2/c1-8(2)11(13)12(16)14-10-6-4-3-5-9(10)7-15/h8-11,15H,3-7,13H2,1-2H3,(H,14,16)/t9?,10?,11-/m0/s1. The summed E-state index contributed by atoms with van der Waals surface area (Å²) in [6.45, 7) is 4.03. The molecule has 16 heavy (non-hydrogen) atoms. The first kappa shape index (κ1) is 13.5. The van der Waals surface area contributed by atoms with Crippen LogP contribution in [0.5, 0.6) is 0 Å². The van der Waals surface area contributed by atoms with E-state index in [4.69, 9.17) is 5.73 Å². The lowest BCUT2D eigenvalue weighted by molar-refractivity contribution is -0.124. The third-order valence-corrected chi connectivity index (χ3v) is 3.49. The Morgan fingerprint density at radius 1 is 1.44 bits per heavy atom. The molecule has 4 heteroatoms. The van der Waals surface area contributed by atoms with Crippen molar-refractivity contribution in [1.29, 1.82) is 0 Å². The van der Waals surface area contributed by atoms with Gasteiger partial charge in [0.1, 0.15) is 0 Å².